The van der Waals surface area contributed by atoms with Crippen LogP contribution in [0.5, 0.6) is 0 Å². The van der Waals surface area contributed by atoms with Crippen LogP contribution >= 0.6 is 0 Å². The van der Waals surface area contributed by atoms with Crippen molar-refractivity contribution >= 4 is 0 Å². The third kappa shape index (κ3) is 5.96. The predicted octanol–water partition coefficient (Wildman–Crippen LogP) is 4.11. The highest BCUT2D eigenvalue weighted by Gasteiger charge is 1.88. The zero-order valence-corrected chi connectivity index (χ0v) is 8.51. The first kappa shape index (κ1) is 11.2. The van der Waals surface area contributed by atoms with Crippen molar-refractivity contribution in [2.45, 2.75) is 33.6 Å². The van der Waals surface area contributed by atoms with Gasteiger partial charge in [0.25, 0.3) is 0 Å². The highest BCUT2D eigenvalue weighted by Crippen LogP contribution is 2.04. The topological polar surface area (TPSA) is 0 Å². The van der Waals surface area contributed by atoms with E-state index in [0.717, 1.165) is 6.42 Å². The molecule has 0 saturated heterocycles. The van der Waals surface area contributed by atoms with Gasteiger partial charge in [-0.15, -0.1) is 6.58 Å². The zero-order valence-electron chi connectivity index (χ0n) is 8.51. The summed E-state index contributed by atoms with van der Waals surface area (Å²) in [6, 6.07) is 0. The Balaban J connectivity index is 3.84. The van der Waals surface area contributed by atoms with E-state index in [1.807, 2.05) is 6.08 Å². The second-order valence-electron chi connectivity index (χ2n) is 3.28. The van der Waals surface area contributed by atoms with Crippen molar-refractivity contribution < 1.29 is 0 Å². The monoisotopic (exact) mass is 164 g/mol. The fraction of sp³-hybridized carbons (Fsp3) is 0.500. The molecule has 12 heavy (non-hydrogen) atoms. The molecule has 0 heteroatoms. The Morgan fingerprint density at radius 2 is 2.17 bits per heavy atom. The molecule has 0 heterocycles. The lowest BCUT2D eigenvalue weighted by atomic mass is 10.1. The molecule has 0 unspecified atom stereocenters. The van der Waals surface area contributed by atoms with Gasteiger partial charge in [-0.1, -0.05) is 50.1 Å². The van der Waals surface area contributed by atoms with E-state index in [2.05, 4.69) is 45.6 Å². The second kappa shape index (κ2) is 6.90. The van der Waals surface area contributed by atoms with E-state index in [-0.39, 0.29) is 0 Å². The van der Waals surface area contributed by atoms with Crippen LogP contribution in [0.1, 0.15) is 33.6 Å². The normalized spacial score (nSPS) is 15.1. The van der Waals surface area contributed by atoms with Crippen LogP contribution in [0.15, 0.2) is 36.5 Å². The first-order valence-corrected chi connectivity index (χ1v) is 4.65. The van der Waals surface area contributed by atoms with Crippen molar-refractivity contribution in [1.29, 1.82) is 0 Å². The summed E-state index contributed by atoms with van der Waals surface area (Å²) in [6.07, 6.45) is 10.7. The summed E-state index contributed by atoms with van der Waals surface area (Å²) in [5.41, 5.74) is 1.37. The zero-order chi connectivity index (χ0) is 9.40. The van der Waals surface area contributed by atoms with Gasteiger partial charge in [-0.3, -0.25) is 0 Å². The van der Waals surface area contributed by atoms with Crippen molar-refractivity contribution in [3.63, 3.8) is 0 Å². The highest BCUT2D eigenvalue weighted by molar-refractivity contribution is 5.13. The first-order valence-electron chi connectivity index (χ1n) is 4.65. The summed E-state index contributed by atoms with van der Waals surface area (Å²) >= 11 is 0. The molecule has 0 aromatic rings. The smallest absolute Gasteiger partial charge is 0.0141 e. The molecule has 1 atom stereocenters. The van der Waals surface area contributed by atoms with Crippen LogP contribution in [-0.2, 0) is 0 Å². The largest absolute Gasteiger partial charge is 0.103 e. The highest BCUT2D eigenvalue weighted by atomic mass is 13.9. The maximum atomic E-state index is 3.70. The van der Waals surface area contributed by atoms with Crippen LogP contribution in [0.25, 0.3) is 0 Å². The summed E-state index contributed by atoms with van der Waals surface area (Å²) in [4.78, 5) is 0. The van der Waals surface area contributed by atoms with Crippen LogP contribution in [0.2, 0.25) is 0 Å². The van der Waals surface area contributed by atoms with E-state index in [1.54, 1.807) is 0 Å². The van der Waals surface area contributed by atoms with Gasteiger partial charge in [0.15, 0.2) is 0 Å². The maximum absolute atomic E-state index is 3.70. The second-order valence-corrected chi connectivity index (χ2v) is 3.28. The molecule has 0 rings (SSSR count). The summed E-state index contributed by atoms with van der Waals surface area (Å²) < 4.78 is 0. The lowest BCUT2D eigenvalue weighted by molar-refractivity contribution is 0.698. The first-order chi connectivity index (χ1) is 5.70. The Kier molecular flexibility index (Phi) is 6.45. The van der Waals surface area contributed by atoms with Crippen LogP contribution in [-0.4, -0.2) is 0 Å². The Morgan fingerprint density at radius 1 is 1.50 bits per heavy atom. The molecule has 0 saturated carbocycles. The van der Waals surface area contributed by atoms with Crippen molar-refractivity contribution in [2.24, 2.45) is 5.92 Å². The van der Waals surface area contributed by atoms with Gasteiger partial charge in [0.1, 0.15) is 0 Å². The quantitative estimate of drug-likeness (QED) is 0.423. The van der Waals surface area contributed by atoms with Crippen LogP contribution < -0.4 is 0 Å². The number of allylic oxidation sites excluding steroid dienone is 5. The fourth-order valence-electron chi connectivity index (χ4n) is 0.841. The summed E-state index contributed by atoms with van der Waals surface area (Å²) in [6.45, 7) is 10.3. The van der Waals surface area contributed by atoms with E-state index in [1.165, 1.54) is 12.0 Å². The molecular weight excluding hydrogens is 144 g/mol. The molecule has 0 N–H and O–H groups in total. The van der Waals surface area contributed by atoms with Crippen molar-refractivity contribution in [1.82, 2.24) is 0 Å². The average Bonchev–Trinajstić information content (AvgIpc) is 2.04. The minimum absolute atomic E-state index is 0.692. The van der Waals surface area contributed by atoms with Gasteiger partial charge in [0.05, 0.1) is 0 Å². The van der Waals surface area contributed by atoms with Crippen LogP contribution in [0.4, 0.5) is 0 Å². The summed E-state index contributed by atoms with van der Waals surface area (Å²) in [5.74, 6) is 0.692. The molecule has 0 aliphatic carbocycles. The van der Waals surface area contributed by atoms with Gasteiger partial charge in [-0.2, -0.15) is 0 Å². The standard InChI is InChI=1S/C12H20/c1-5-8-12(4)10-7-9-11(3)6-2/h5,7,9-11H,1,6,8H2,2-4H3/b9-7+,12-10-/t11-/m0/s1. The van der Waals surface area contributed by atoms with Crippen molar-refractivity contribution in [3.05, 3.63) is 36.5 Å². The molecule has 0 amide bonds. The number of hydrogen-bond donors (Lipinski definition) is 0. The molecular formula is C12H20. The molecule has 0 aromatic carbocycles. The van der Waals surface area contributed by atoms with E-state index < -0.39 is 0 Å². The van der Waals surface area contributed by atoms with Crippen molar-refractivity contribution in [2.75, 3.05) is 0 Å². The maximum Gasteiger partial charge on any atom is -0.0141 e. The Bertz CT molecular complexity index is 172. The Morgan fingerprint density at radius 3 is 2.67 bits per heavy atom. The molecule has 0 aliphatic heterocycles. The molecule has 0 spiro atoms. The minimum atomic E-state index is 0.692. The third-order valence-corrected chi connectivity index (χ3v) is 1.93. The lowest BCUT2D eigenvalue weighted by Gasteiger charge is -1.97. The molecule has 0 fully saturated rings. The number of hydrogen-bond acceptors (Lipinski definition) is 0. The minimum Gasteiger partial charge on any atom is -0.103 e. The Labute approximate surface area is 76.7 Å². The van der Waals surface area contributed by atoms with Crippen LogP contribution in [0.3, 0.4) is 0 Å². The van der Waals surface area contributed by atoms with Crippen molar-refractivity contribution in [3.8, 4) is 0 Å². The van der Waals surface area contributed by atoms with E-state index in [9.17, 15) is 0 Å². The van der Waals surface area contributed by atoms with E-state index in [4.69, 9.17) is 0 Å². The molecule has 0 aliphatic rings. The van der Waals surface area contributed by atoms with Gasteiger partial charge in [-0.05, 0) is 19.3 Å². The van der Waals surface area contributed by atoms with Gasteiger partial charge in [0, 0.05) is 0 Å². The van der Waals surface area contributed by atoms with Gasteiger partial charge in [-0.25, -0.2) is 0 Å². The SMILES string of the molecule is C=CC/C(C)=C\C=C\[C@@H](C)CC. The molecule has 0 aromatic heterocycles. The summed E-state index contributed by atoms with van der Waals surface area (Å²) in [7, 11) is 0. The van der Waals surface area contributed by atoms with Gasteiger partial charge >= 0.3 is 0 Å². The number of rotatable bonds is 5. The molecule has 0 nitrogen and oxygen atoms in total. The molecule has 68 valence electrons. The molecule has 0 radical (unpaired) electrons. The Hall–Kier alpha value is -0.780. The van der Waals surface area contributed by atoms with E-state index >= 15 is 0 Å². The average molecular weight is 164 g/mol. The van der Waals surface area contributed by atoms with Gasteiger partial charge < -0.3 is 0 Å². The van der Waals surface area contributed by atoms with Crippen LogP contribution in [0, 0.1) is 5.92 Å². The third-order valence-electron chi connectivity index (χ3n) is 1.93. The molecule has 0 bridgehead atoms. The van der Waals surface area contributed by atoms with Gasteiger partial charge in [0.2, 0.25) is 0 Å². The fourth-order valence-corrected chi connectivity index (χ4v) is 0.841. The summed E-state index contributed by atoms with van der Waals surface area (Å²) in [5, 5.41) is 0. The lowest BCUT2D eigenvalue weighted by Crippen LogP contribution is -1.83. The predicted molar refractivity (Wildman–Crippen MR) is 57.2 cm³/mol. The van der Waals surface area contributed by atoms with E-state index in [0.29, 0.717) is 5.92 Å².